The van der Waals surface area contributed by atoms with Gasteiger partial charge >= 0.3 is 5.97 Å². The summed E-state index contributed by atoms with van der Waals surface area (Å²) in [6, 6.07) is 7.47. The lowest BCUT2D eigenvalue weighted by Crippen LogP contribution is -2.32. The van der Waals surface area contributed by atoms with Gasteiger partial charge in [0.25, 0.3) is 0 Å². The lowest BCUT2D eigenvalue weighted by molar-refractivity contribution is -0.137. The van der Waals surface area contributed by atoms with E-state index in [0.29, 0.717) is 0 Å². The minimum atomic E-state index is -0.826. The van der Waals surface area contributed by atoms with Crippen LogP contribution in [0.2, 0.25) is 5.02 Å². The molecule has 18 heavy (non-hydrogen) atoms. The summed E-state index contributed by atoms with van der Waals surface area (Å²) in [7, 11) is 0. The smallest absolute Gasteiger partial charge is 0.304 e. The van der Waals surface area contributed by atoms with E-state index in [0.717, 1.165) is 24.3 Å². The quantitative estimate of drug-likeness (QED) is 0.799. The van der Waals surface area contributed by atoms with Gasteiger partial charge in [0.1, 0.15) is 0 Å². The highest BCUT2D eigenvalue weighted by Gasteiger charge is 2.18. The number of hydrogen-bond acceptors (Lipinski definition) is 2. The zero-order valence-corrected chi connectivity index (χ0v) is 11.4. The van der Waals surface area contributed by atoms with Crippen molar-refractivity contribution < 1.29 is 9.90 Å². The monoisotopic (exact) mass is 269 g/mol. The predicted octanol–water partition coefficient (Wildman–Crippen LogP) is 3.10. The van der Waals surface area contributed by atoms with Crippen LogP contribution in [0, 0.1) is 5.92 Å². The van der Waals surface area contributed by atoms with Gasteiger partial charge in [0.15, 0.2) is 0 Å². The van der Waals surface area contributed by atoms with Crippen LogP contribution in [0.5, 0.6) is 0 Å². The molecule has 0 aromatic heterocycles. The molecule has 1 aromatic rings. The van der Waals surface area contributed by atoms with Crippen LogP contribution in [0.1, 0.15) is 31.7 Å². The summed E-state index contributed by atoms with van der Waals surface area (Å²) in [5.74, 6) is -0.579. The lowest BCUT2D eigenvalue weighted by Gasteiger charge is -2.21. The number of aliphatic carboxylic acids is 1. The molecule has 0 aliphatic rings. The normalized spacial score (nSPS) is 14.2. The average Bonchev–Trinajstić information content (AvgIpc) is 2.31. The number of carbonyl (C=O) groups is 1. The second kappa shape index (κ2) is 7.39. The van der Waals surface area contributed by atoms with Crippen LogP contribution in [0.4, 0.5) is 0 Å². The third kappa shape index (κ3) is 5.07. The van der Waals surface area contributed by atoms with Gasteiger partial charge in [0.05, 0.1) is 6.42 Å². The molecule has 4 heteroatoms. The highest BCUT2D eigenvalue weighted by molar-refractivity contribution is 6.30. The molecule has 3 nitrogen and oxygen atoms in total. The Labute approximate surface area is 113 Å². The van der Waals surface area contributed by atoms with Gasteiger partial charge in [-0.2, -0.15) is 0 Å². The van der Waals surface area contributed by atoms with Gasteiger partial charge in [-0.05, 0) is 36.5 Å². The van der Waals surface area contributed by atoms with Crippen LogP contribution >= 0.6 is 11.6 Å². The number of aryl methyl sites for hydroxylation is 1. The van der Waals surface area contributed by atoms with Crippen molar-refractivity contribution in [3.8, 4) is 0 Å². The van der Waals surface area contributed by atoms with Crippen LogP contribution in [0.25, 0.3) is 0 Å². The number of nitrogens with two attached hydrogens (primary N) is 1. The maximum Gasteiger partial charge on any atom is 0.304 e. The molecule has 0 amide bonds. The summed E-state index contributed by atoms with van der Waals surface area (Å²) in [5.41, 5.74) is 7.12. The zero-order chi connectivity index (χ0) is 13.5. The average molecular weight is 270 g/mol. The first kappa shape index (κ1) is 15.0. The van der Waals surface area contributed by atoms with Crippen molar-refractivity contribution in [2.45, 2.75) is 38.6 Å². The summed E-state index contributed by atoms with van der Waals surface area (Å²) < 4.78 is 0. The van der Waals surface area contributed by atoms with Crippen LogP contribution < -0.4 is 5.73 Å². The van der Waals surface area contributed by atoms with Gasteiger partial charge in [-0.15, -0.1) is 0 Å². The van der Waals surface area contributed by atoms with E-state index in [1.54, 1.807) is 0 Å². The molecule has 3 N–H and O–H groups in total. The molecule has 0 aliphatic carbocycles. The molecule has 2 unspecified atom stereocenters. The Bertz CT molecular complexity index is 378. The molecule has 0 saturated carbocycles. The fourth-order valence-corrected chi connectivity index (χ4v) is 2.22. The Morgan fingerprint density at radius 2 is 2.00 bits per heavy atom. The minimum Gasteiger partial charge on any atom is -0.481 e. The van der Waals surface area contributed by atoms with E-state index in [4.69, 9.17) is 22.4 Å². The Morgan fingerprint density at radius 1 is 1.39 bits per heavy atom. The molecule has 0 spiro atoms. The first-order chi connectivity index (χ1) is 8.52. The van der Waals surface area contributed by atoms with Crippen molar-refractivity contribution in [1.29, 1.82) is 0 Å². The van der Waals surface area contributed by atoms with Crippen molar-refractivity contribution in [2.75, 3.05) is 0 Å². The van der Waals surface area contributed by atoms with Gasteiger partial charge in [-0.25, -0.2) is 0 Å². The Morgan fingerprint density at radius 3 is 2.50 bits per heavy atom. The SMILES string of the molecule is CCC(CCc1ccc(Cl)cc1)C(N)CC(=O)O. The molecule has 0 aliphatic heterocycles. The molecule has 1 aromatic carbocycles. The van der Waals surface area contributed by atoms with Crippen LogP contribution in [0.3, 0.4) is 0 Å². The number of rotatable bonds is 7. The molecule has 0 radical (unpaired) electrons. The highest BCUT2D eigenvalue weighted by Crippen LogP contribution is 2.19. The van der Waals surface area contributed by atoms with Crippen molar-refractivity contribution in [1.82, 2.24) is 0 Å². The van der Waals surface area contributed by atoms with E-state index in [1.165, 1.54) is 5.56 Å². The van der Waals surface area contributed by atoms with Crippen molar-refractivity contribution in [3.63, 3.8) is 0 Å². The molecule has 0 fully saturated rings. The highest BCUT2D eigenvalue weighted by atomic mass is 35.5. The molecule has 1 rings (SSSR count). The van der Waals surface area contributed by atoms with Crippen LogP contribution in [0.15, 0.2) is 24.3 Å². The minimum absolute atomic E-state index is 0.0408. The number of hydrogen-bond donors (Lipinski definition) is 2. The Kier molecular flexibility index (Phi) is 6.16. The number of halogens is 1. The summed E-state index contributed by atoms with van der Waals surface area (Å²) in [4.78, 5) is 10.6. The van der Waals surface area contributed by atoms with Gasteiger partial charge in [-0.3, -0.25) is 4.79 Å². The number of carboxylic acids is 1. The first-order valence-corrected chi connectivity index (χ1v) is 6.62. The summed E-state index contributed by atoms with van der Waals surface area (Å²) in [6.45, 7) is 2.05. The molecule has 100 valence electrons. The fraction of sp³-hybridized carbons (Fsp3) is 0.500. The second-order valence-electron chi connectivity index (χ2n) is 4.60. The third-order valence-corrected chi connectivity index (χ3v) is 3.51. The second-order valence-corrected chi connectivity index (χ2v) is 5.03. The topological polar surface area (TPSA) is 63.3 Å². The largest absolute Gasteiger partial charge is 0.481 e. The molecule has 0 heterocycles. The fourth-order valence-electron chi connectivity index (χ4n) is 2.09. The first-order valence-electron chi connectivity index (χ1n) is 6.24. The summed E-state index contributed by atoms with van der Waals surface area (Å²) in [6.07, 6.45) is 2.76. The van der Waals surface area contributed by atoms with Crippen molar-refractivity contribution in [2.24, 2.45) is 11.7 Å². The zero-order valence-electron chi connectivity index (χ0n) is 10.6. The van der Waals surface area contributed by atoms with Gasteiger partial charge in [-0.1, -0.05) is 37.1 Å². The number of benzene rings is 1. The lowest BCUT2D eigenvalue weighted by atomic mass is 9.89. The molecular weight excluding hydrogens is 250 g/mol. The van der Waals surface area contributed by atoms with E-state index >= 15 is 0 Å². The van der Waals surface area contributed by atoms with Gasteiger partial charge in [0.2, 0.25) is 0 Å². The maximum atomic E-state index is 10.6. The summed E-state index contributed by atoms with van der Waals surface area (Å²) >= 11 is 5.82. The van der Waals surface area contributed by atoms with E-state index in [-0.39, 0.29) is 18.4 Å². The van der Waals surface area contributed by atoms with E-state index in [9.17, 15) is 4.79 Å². The van der Waals surface area contributed by atoms with Crippen LogP contribution in [-0.2, 0) is 11.2 Å². The van der Waals surface area contributed by atoms with Crippen molar-refractivity contribution >= 4 is 17.6 Å². The predicted molar refractivity (Wildman–Crippen MR) is 73.8 cm³/mol. The molecule has 0 saturated heterocycles. The van der Waals surface area contributed by atoms with Crippen molar-refractivity contribution in [3.05, 3.63) is 34.9 Å². The van der Waals surface area contributed by atoms with E-state index in [1.807, 2.05) is 31.2 Å². The standard InChI is InChI=1S/C14H20ClNO2/c1-2-11(13(16)9-14(17)18)6-3-10-4-7-12(15)8-5-10/h4-5,7-8,11,13H,2-3,6,9,16H2,1H3,(H,17,18). The molecule has 2 atom stereocenters. The molecule has 0 bridgehead atoms. The number of carboxylic acid groups (broad SMARTS) is 1. The third-order valence-electron chi connectivity index (χ3n) is 3.26. The van der Waals surface area contributed by atoms with E-state index in [2.05, 4.69) is 0 Å². The Balaban J connectivity index is 2.48. The van der Waals surface area contributed by atoms with Gasteiger partial charge in [0, 0.05) is 11.1 Å². The Hall–Kier alpha value is -1.06. The van der Waals surface area contributed by atoms with E-state index < -0.39 is 5.97 Å². The molecular formula is C14H20ClNO2. The maximum absolute atomic E-state index is 10.6. The summed E-state index contributed by atoms with van der Waals surface area (Å²) in [5, 5.41) is 9.48. The van der Waals surface area contributed by atoms with Gasteiger partial charge < -0.3 is 10.8 Å². The van der Waals surface area contributed by atoms with Crippen LogP contribution in [-0.4, -0.2) is 17.1 Å².